The second-order valence-corrected chi connectivity index (χ2v) is 2.52. The first-order valence-electron chi connectivity index (χ1n) is 3.60. The fraction of sp³-hybridized carbons (Fsp3) is 0.500. The molecule has 0 bridgehead atoms. The largest absolute Gasteiger partial charge is 0.480 e. The summed E-state index contributed by atoms with van der Waals surface area (Å²) < 4.78 is 4.17. The van der Waals surface area contributed by atoms with E-state index in [0.29, 0.717) is 6.42 Å². The van der Waals surface area contributed by atoms with Crippen LogP contribution in [-0.2, 0) is 14.3 Å². The van der Waals surface area contributed by atoms with Gasteiger partial charge in [0.05, 0.1) is 6.26 Å². The summed E-state index contributed by atoms with van der Waals surface area (Å²) in [5.74, 6) is -1.27. The predicted octanol–water partition coefficient (Wildman–Crippen LogP) is 1.78. The van der Waals surface area contributed by atoms with E-state index in [1.807, 2.05) is 0 Å². The van der Waals surface area contributed by atoms with Gasteiger partial charge in [0.15, 0.2) is 0 Å². The van der Waals surface area contributed by atoms with Gasteiger partial charge in [0.1, 0.15) is 5.38 Å². The van der Waals surface area contributed by atoms with E-state index in [-0.39, 0.29) is 5.97 Å². The molecule has 1 unspecified atom stereocenters. The molecular formula is C8H13ClO4. The maximum Gasteiger partial charge on any atom is 0.321 e. The Kier molecular flexibility index (Phi) is 10.1. The second-order valence-electron chi connectivity index (χ2n) is 1.99. The Balaban J connectivity index is 0. The van der Waals surface area contributed by atoms with Gasteiger partial charge in [-0.05, 0) is 6.42 Å². The molecule has 0 aromatic heterocycles. The molecule has 4 nitrogen and oxygen atoms in total. The molecule has 76 valence electrons. The van der Waals surface area contributed by atoms with Crippen LogP contribution in [0.1, 0.15) is 20.3 Å². The van der Waals surface area contributed by atoms with E-state index in [1.54, 1.807) is 6.92 Å². The number of ether oxygens (including phenoxy) is 1. The first-order chi connectivity index (χ1) is 5.95. The van der Waals surface area contributed by atoms with E-state index >= 15 is 0 Å². The van der Waals surface area contributed by atoms with E-state index in [4.69, 9.17) is 16.7 Å². The van der Waals surface area contributed by atoms with E-state index in [1.165, 1.54) is 6.92 Å². The van der Waals surface area contributed by atoms with Gasteiger partial charge in [-0.15, -0.1) is 11.6 Å². The van der Waals surface area contributed by atoms with Crippen molar-refractivity contribution < 1.29 is 19.4 Å². The van der Waals surface area contributed by atoms with E-state index in [2.05, 4.69) is 11.3 Å². The van der Waals surface area contributed by atoms with Crippen LogP contribution in [0.25, 0.3) is 0 Å². The summed E-state index contributed by atoms with van der Waals surface area (Å²) in [6.45, 7) is 6.21. The lowest BCUT2D eigenvalue weighted by Gasteiger charge is -1.93. The first-order valence-corrected chi connectivity index (χ1v) is 4.04. The fourth-order valence-corrected chi connectivity index (χ4v) is 0.292. The Labute approximate surface area is 82.1 Å². The van der Waals surface area contributed by atoms with Gasteiger partial charge in [-0.3, -0.25) is 9.59 Å². The van der Waals surface area contributed by atoms with Gasteiger partial charge in [-0.25, -0.2) is 0 Å². The number of aliphatic carboxylic acids is 1. The van der Waals surface area contributed by atoms with Crippen molar-refractivity contribution in [1.29, 1.82) is 0 Å². The van der Waals surface area contributed by atoms with Crippen molar-refractivity contribution in [1.82, 2.24) is 0 Å². The quantitative estimate of drug-likeness (QED) is 0.436. The van der Waals surface area contributed by atoms with Gasteiger partial charge in [0.25, 0.3) is 0 Å². The highest BCUT2D eigenvalue weighted by Crippen LogP contribution is 1.98. The highest BCUT2D eigenvalue weighted by molar-refractivity contribution is 6.29. The predicted molar refractivity (Wildman–Crippen MR) is 49.5 cm³/mol. The van der Waals surface area contributed by atoms with Crippen LogP contribution in [-0.4, -0.2) is 22.4 Å². The van der Waals surface area contributed by atoms with Crippen molar-refractivity contribution in [3.8, 4) is 0 Å². The molecule has 0 aliphatic carbocycles. The minimum atomic E-state index is -0.941. The van der Waals surface area contributed by atoms with E-state index in [0.717, 1.165) is 6.26 Å². The minimum absolute atomic E-state index is 0.329. The van der Waals surface area contributed by atoms with Crippen LogP contribution in [0.15, 0.2) is 12.8 Å². The molecule has 1 atom stereocenters. The van der Waals surface area contributed by atoms with Crippen LogP contribution in [0.2, 0.25) is 0 Å². The number of hydrogen-bond acceptors (Lipinski definition) is 3. The molecule has 0 amide bonds. The SMILES string of the molecule is C=COC(C)=O.CCC(Cl)C(=O)O. The third-order valence-electron chi connectivity index (χ3n) is 0.876. The Morgan fingerprint density at radius 3 is 2.15 bits per heavy atom. The molecule has 0 rings (SSSR count). The molecule has 0 aliphatic heterocycles. The summed E-state index contributed by atoms with van der Waals surface area (Å²) >= 11 is 5.20. The smallest absolute Gasteiger partial charge is 0.321 e. The molecule has 0 aromatic carbocycles. The number of carboxylic acid groups (broad SMARTS) is 1. The fourth-order valence-electron chi connectivity index (χ4n) is 0.292. The van der Waals surface area contributed by atoms with Crippen LogP contribution >= 0.6 is 11.6 Å². The van der Waals surface area contributed by atoms with Crippen molar-refractivity contribution in [2.45, 2.75) is 25.6 Å². The van der Waals surface area contributed by atoms with Gasteiger partial charge >= 0.3 is 11.9 Å². The molecule has 0 radical (unpaired) electrons. The highest BCUT2D eigenvalue weighted by atomic mass is 35.5. The number of rotatable bonds is 3. The molecule has 0 saturated heterocycles. The van der Waals surface area contributed by atoms with Crippen molar-refractivity contribution in [3.63, 3.8) is 0 Å². The number of hydrogen-bond donors (Lipinski definition) is 1. The number of carboxylic acids is 1. The van der Waals surface area contributed by atoms with Gasteiger partial charge < -0.3 is 9.84 Å². The Hall–Kier alpha value is -1.03. The standard InChI is InChI=1S/C4H7ClO2.C4H6O2/c1-2-3(5)4(6)7;1-3-6-4(2)5/h3H,2H2,1H3,(H,6,7);3H,1H2,2H3. The average molecular weight is 209 g/mol. The Morgan fingerprint density at radius 2 is 2.15 bits per heavy atom. The number of carbonyl (C=O) groups is 2. The molecular weight excluding hydrogens is 196 g/mol. The zero-order valence-electron chi connectivity index (χ0n) is 7.62. The van der Waals surface area contributed by atoms with Crippen molar-refractivity contribution in [2.75, 3.05) is 0 Å². The molecule has 1 N–H and O–H groups in total. The highest BCUT2D eigenvalue weighted by Gasteiger charge is 2.08. The number of halogens is 1. The number of alkyl halides is 1. The summed E-state index contributed by atoms with van der Waals surface area (Å²) in [6, 6.07) is 0. The molecule has 0 aliphatic rings. The van der Waals surface area contributed by atoms with Gasteiger partial charge in [0.2, 0.25) is 0 Å². The molecule has 13 heavy (non-hydrogen) atoms. The number of carbonyl (C=O) groups excluding carboxylic acids is 1. The van der Waals surface area contributed by atoms with Crippen LogP contribution in [0.5, 0.6) is 0 Å². The first kappa shape index (κ1) is 14.5. The van der Waals surface area contributed by atoms with Crippen LogP contribution < -0.4 is 0 Å². The minimum Gasteiger partial charge on any atom is -0.480 e. The Morgan fingerprint density at radius 1 is 1.69 bits per heavy atom. The lowest BCUT2D eigenvalue weighted by atomic mass is 10.3. The Bertz CT molecular complexity index is 179. The maximum atomic E-state index is 9.80. The summed E-state index contributed by atoms with van der Waals surface area (Å²) in [4.78, 5) is 19.5. The lowest BCUT2D eigenvalue weighted by molar-refractivity contribution is -0.137. The molecule has 0 saturated carbocycles. The zero-order chi connectivity index (χ0) is 10.9. The van der Waals surface area contributed by atoms with E-state index in [9.17, 15) is 9.59 Å². The second kappa shape index (κ2) is 9.06. The molecule has 5 heteroatoms. The topological polar surface area (TPSA) is 63.6 Å². The summed E-state index contributed by atoms with van der Waals surface area (Å²) in [5, 5.41) is 7.34. The maximum absolute atomic E-state index is 9.80. The third kappa shape index (κ3) is 13.9. The van der Waals surface area contributed by atoms with Crippen LogP contribution in [0, 0.1) is 0 Å². The van der Waals surface area contributed by atoms with Crippen LogP contribution in [0.4, 0.5) is 0 Å². The van der Waals surface area contributed by atoms with Gasteiger partial charge in [0, 0.05) is 6.92 Å². The average Bonchev–Trinajstić information content (AvgIpc) is 2.03. The summed E-state index contributed by atoms with van der Waals surface area (Å²) in [7, 11) is 0. The summed E-state index contributed by atoms with van der Waals surface area (Å²) in [5.41, 5.74) is 0. The molecule has 0 fully saturated rings. The molecule has 0 heterocycles. The zero-order valence-corrected chi connectivity index (χ0v) is 8.37. The van der Waals surface area contributed by atoms with Gasteiger partial charge in [-0.1, -0.05) is 13.5 Å². The van der Waals surface area contributed by atoms with Crippen molar-refractivity contribution >= 4 is 23.5 Å². The van der Waals surface area contributed by atoms with Crippen molar-refractivity contribution in [2.24, 2.45) is 0 Å². The lowest BCUT2D eigenvalue weighted by Crippen LogP contribution is -2.10. The summed E-state index contributed by atoms with van der Waals surface area (Å²) in [6.07, 6.45) is 1.58. The normalized spacial score (nSPS) is 10.4. The molecule has 0 spiro atoms. The van der Waals surface area contributed by atoms with E-state index < -0.39 is 11.3 Å². The van der Waals surface area contributed by atoms with Gasteiger partial charge in [-0.2, -0.15) is 0 Å². The number of esters is 1. The van der Waals surface area contributed by atoms with Crippen LogP contribution in [0.3, 0.4) is 0 Å². The molecule has 0 aromatic rings. The third-order valence-corrected chi connectivity index (χ3v) is 1.37. The monoisotopic (exact) mass is 208 g/mol. The van der Waals surface area contributed by atoms with Crippen molar-refractivity contribution in [3.05, 3.63) is 12.8 Å².